The number of methoxy groups -OCH3 is 1. The molecule has 3 heterocycles. The summed E-state index contributed by atoms with van der Waals surface area (Å²) in [5.41, 5.74) is 2.06. The number of rotatable bonds is 12. The smallest absolute Gasteiger partial charge is 0.410 e. The van der Waals surface area contributed by atoms with Gasteiger partial charge in [0.25, 0.3) is 0 Å². The summed E-state index contributed by atoms with van der Waals surface area (Å²) in [6.45, 7) is 22.4. The first-order valence-corrected chi connectivity index (χ1v) is 15.6. The van der Waals surface area contributed by atoms with Crippen LogP contribution < -0.4 is 4.90 Å². The van der Waals surface area contributed by atoms with E-state index in [2.05, 4.69) is 37.1 Å². The van der Waals surface area contributed by atoms with Gasteiger partial charge in [-0.05, 0) is 57.5 Å². The number of aromatic nitrogens is 1. The monoisotopic (exact) mass is 613 g/mol. The van der Waals surface area contributed by atoms with Crippen molar-refractivity contribution in [3.05, 3.63) is 59.7 Å². The number of piperazine rings is 1. The van der Waals surface area contributed by atoms with Crippen LogP contribution >= 0.6 is 0 Å². The molecule has 0 aliphatic carbocycles. The number of amides is 2. The Kier molecular flexibility index (Phi) is 12.3. The Bertz CT molecular complexity index is 1240. The third-order valence-corrected chi connectivity index (χ3v) is 8.08. The number of carbonyl (C=O) groups excluding carboxylic acids is 2. The second-order valence-corrected chi connectivity index (χ2v) is 13.3. The molecular weight excluding hydrogens is 561 g/mol. The van der Waals surface area contributed by atoms with Crippen LogP contribution in [0.5, 0.6) is 0 Å². The van der Waals surface area contributed by atoms with Gasteiger partial charge in [0.15, 0.2) is 0 Å². The molecule has 0 saturated carbocycles. The van der Waals surface area contributed by atoms with Crippen molar-refractivity contribution in [2.75, 3.05) is 71.0 Å². The summed E-state index contributed by atoms with van der Waals surface area (Å²) in [4.78, 5) is 39.8. The van der Waals surface area contributed by atoms with Gasteiger partial charge in [0.05, 0.1) is 24.5 Å². The number of hydrogen-bond acceptors (Lipinski definition) is 7. The van der Waals surface area contributed by atoms with Gasteiger partial charge in [0.2, 0.25) is 5.91 Å². The van der Waals surface area contributed by atoms with E-state index in [1.165, 1.54) is 6.08 Å². The minimum absolute atomic E-state index is 0.0204. The predicted molar refractivity (Wildman–Crippen MR) is 174 cm³/mol. The molecule has 10 heteroatoms. The second-order valence-electron chi connectivity index (χ2n) is 13.3. The van der Waals surface area contributed by atoms with E-state index in [-0.39, 0.29) is 35.8 Å². The summed E-state index contributed by atoms with van der Waals surface area (Å²) in [6, 6.07) is 1.91. The fourth-order valence-electron chi connectivity index (χ4n) is 5.79. The highest BCUT2D eigenvalue weighted by Gasteiger charge is 2.41. The normalized spacial score (nSPS) is 19.4. The molecule has 1 aromatic rings. The number of anilines is 1. The first-order chi connectivity index (χ1) is 20.7. The molecule has 0 N–H and O–H groups in total. The second kappa shape index (κ2) is 15.3. The number of fused-ring (bicyclic) bond motifs is 1. The number of likely N-dealkylation sites (N-methyl/N-ethyl adjacent to an activating group) is 1. The minimum Gasteiger partial charge on any atom is -0.444 e. The Morgan fingerprint density at radius 2 is 2.00 bits per heavy atom. The van der Waals surface area contributed by atoms with Crippen LogP contribution in [0.15, 0.2) is 48.5 Å². The average Bonchev–Trinajstić information content (AvgIpc) is 3.24. The topological polar surface area (TPSA) is 78.5 Å². The van der Waals surface area contributed by atoms with E-state index >= 15 is 0 Å². The Morgan fingerprint density at radius 3 is 2.61 bits per heavy atom. The fourth-order valence-corrected chi connectivity index (χ4v) is 5.79. The van der Waals surface area contributed by atoms with Crippen molar-refractivity contribution in [1.29, 1.82) is 0 Å². The summed E-state index contributed by atoms with van der Waals surface area (Å²) in [7, 11) is 1.69. The molecule has 1 atom stereocenters. The van der Waals surface area contributed by atoms with Crippen LogP contribution in [0.1, 0.15) is 59.7 Å². The Balaban J connectivity index is 1.85. The molecule has 3 rings (SSSR count). The molecule has 0 unspecified atom stereocenters. The van der Waals surface area contributed by atoms with E-state index in [1.807, 2.05) is 38.7 Å². The average molecular weight is 614 g/mol. The molecule has 9 nitrogen and oxygen atoms in total. The molecule has 0 bridgehead atoms. The predicted octanol–water partition coefficient (Wildman–Crippen LogP) is 5.12. The molecule has 1 aromatic heterocycles. The van der Waals surface area contributed by atoms with Crippen LogP contribution in [0.2, 0.25) is 0 Å². The highest BCUT2D eigenvalue weighted by atomic mass is 19.1. The van der Waals surface area contributed by atoms with Gasteiger partial charge in [-0.15, -0.1) is 0 Å². The number of halogens is 1. The quantitative estimate of drug-likeness (QED) is 0.303. The molecule has 0 radical (unpaired) electrons. The largest absolute Gasteiger partial charge is 0.444 e. The number of nitrogens with zero attached hydrogens (tertiary/aromatic N) is 5. The maximum absolute atomic E-state index is 14.5. The van der Waals surface area contributed by atoms with E-state index in [0.717, 1.165) is 30.0 Å². The third kappa shape index (κ3) is 9.22. The van der Waals surface area contributed by atoms with Crippen LogP contribution in [0, 0.1) is 0 Å². The van der Waals surface area contributed by atoms with Crippen molar-refractivity contribution >= 4 is 17.7 Å². The Morgan fingerprint density at radius 1 is 1.27 bits per heavy atom. The standard InChI is InChI=1S/C34H52FN5O4/c1-10-13-26(28(35)11-2)18-25-19-29-31(36-20-25)34(7,8)24-40(29)30(41)23-38-14-15-39(32(42)44-33(4,5)6)22-27(38)21-37(12-3)16-17-43-9/h10-11,13,19-20,27H,2,12,14-18,21-24H2,1,3-9H3/b13-10-,28-26-/t27-/m0/s1. The summed E-state index contributed by atoms with van der Waals surface area (Å²) < 4.78 is 25.5. The zero-order chi connectivity index (χ0) is 32.7. The van der Waals surface area contributed by atoms with E-state index in [1.54, 1.807) is 30.4 Å². The fraction of sp³-hybridized carbons (Fsp3) is 0.618. The molecule has 1 fully saturated rings. The van der Waals surface area contributed by atoms with Crippen LogP contribution in [-0.4, -0.2) is 109 Å². The highest BCUT2D eigenvalue weighted by molar-refractivity contribution is 5.97. The van der Waals surface area contributed by atoms with Gasteiger partial charge in [-0.3, -0.25) is 19.6 Å². The molecule has 0 spiro atoms. The van der Waals surface area contributed by atoms with E-state index in [4.69, 9.17) is 14.5 Å². The van der Waals surface area contributed by atoms with Gasteiger partial charge in [-0.25, -0.2) is 9.18 Å². The maximum atomic E-state index is 14.5. The highest BCUT2D eigenvalue weighted by Crippen LogP contribution is 2.40. The van der Waals surface area contributed by atoms with Crippen molar-refractivity contribution < 1.29 is 23.5 Å². The summed E-state index contributed by atoms with van der Waals surface area (Å²) in [5, 5.41) is 0. The first kappa shape index (κ1) is 35.4. The number of allylic oxidation sites excluding steroid dienone is 5. The van der Waals surface area contributed by atoms with Gasteiger partial charge in [0, 0.05) is 70.5 Å². The molecule has 2 aliphatic heterocycles. The molecule has 1 saturated heterocycles. The molecule has 2 amide bonds. The number of hydrogen-bond donors (Lipinski definition) is 0. The van der Waals surface area contributed by atoms with Gasteiger partial charge in [0.1, 0.15) is 11.4 Å². The zero-order valence-corrected chi connectivity index (χ0v) is 28.0. The van der Waals surface area contributed by atoms with Gasteiger partial charge >= 0.3 is 6.09 Å². The van der Waals surface area contributed by atoms with Gasteiger partial charge in [-0.1, -0.05) is 39.5 Å². The minimum atomic E-state index is -0.586. The van der Waals surface area contributed by atoms with E-state index in [0.29, 0.717) is 51.3 Å². The van der Waals surface area contributed by atoms with Crippen molar-refractivity contribution in [2.24, 2.45) is 0 Å². The van der Waals surface area contributed by atoms with Crippen LogP contribution in [0.25, 0.3) is 0 Å². The number of ether oxygens (including phenoxy) is 2. The van der Waals surface area contributed by atoms with Crippen molar-refractivity contribution in [2.45, 2.75) is 71.9 Å². The van der Waals surface area contributed by atoms with Crippen molar-refractivity contribution in [1.82, 2.24) is 19.7 Å². The van der Waals surface area contributed by atoms with Crippen molar-refractivity contribution in [3.63, 3.8) is 0 Å². The SMILES string of the molecule is C=C/C(F)=C(\C=C/C)Cc1cnc2c(c1)N(C(=O)CN1CCN(C(=O)OC(C)(C)C)C[C@@H]1CN(CC)CCOC)CC2(C)C. The lowest BCUT2D eigenvalue weighted by Gasteiger charge is -2.43. The lowest BCUT2D eigenvalue weighted by atomic mass is 9.91. The van der Waals surface area contributed by atoms with E-state index in [9.17, 15) is 14.0 Å². The van der Waals surface area contributed by atoms with Crippen LogP contribution in [0.4, 0.5) is 14.9 Å². The Hall–Kier alpha value is -3.08. The van der Waals surface area contributed by atoms with Crippen LogP contribution in [0.3, 0.4) is 0 Å². The third-order valence-electron chi connectivity index (χ3n) is 8.08. The van der Waals surface area contributed by atoms with Gasteiger partial charge < -0.3 is 19.3 Å². The molecule has 2 aliphatic rings. The first-order valence-electron chi connectivity index (χ1n) is 15.6. The summed E-state index contributed by atoms with van der Waals surface area (Å²) in [5.74, 6) is -0.395. The molecule has 244 valence electrons. The molecule has 44 heavy (non-hydrogen) atoms. The Labute approximate surface area is 263 Å². The summed E-state index contributed by atoms with van der Waals surface area (Å²) >= 11 is 0. The lowest BCUT2D eigenvalue weighted by molar-refractivity contribution is -0.121. The lowest BCUT2D eigenvalue weighted by Crippen LogP contribution is -2.60. The van der Waals surface area contributed by atoms with Gasteiger partial charge in [-0.2, -0.15) is 0 Å². The zero-order valence-electron chi connectivity index (χ0n) is 28.0. The van der Waals surface area contributed by atoms with E-state index < -0.39 is 5.60 Å². The number of pyridine rings is 1. The molecular formula is C34H52FN5O4. The summed E-state index contributed by atoms with van der Waals surface area (Å²) in [6.07, 6.45) is 6.53. The number of carbonyl (C=O) groups is 2. The molecule has 0 aromatic carbocycles. The maximum Gasteiger partial charge on any atom is 0.410 e. The van der Waals surface area contributed by atoms with Crippen molar-refractivity contribution in [3.8, 4) is 0 Å². The van der Waals surface area contributed by atoms with Crippen LogP contribution in [-0.2, 0) is 26.1 Å².